The zero-order valence-electron chi connectivity index (χ0n) is 25.4. The van der Waals surface area contributed by atoms with E-state index >= 15 is 0 Å². The number of fused-ring (bicyclic) bond motifs is 1. The standard InChI is InChI=1S/C36H42FNO4Si/c1-43(2,3)24-23-41-36(39)38-21-19-32(29-15-17-31(37)18-16-29)34(25-38)42-26-30-14-13-28-11-7-8-12-33(28)35(30)40-22-20-27-9-5-4-6-10-27/h4-18,32,34H,19-26H2,1-3H3. The molecular weight excluding hydrogens is 557 g/mol. The third kappa shape index (κ3) is 8.45. The van der Waals surface area contributed by atoms with E-state index in [9.17, 15) is 9.18 Å². The number of ether oxygens (including phenoxy) is 3. The van der Waals surface area contributed by atoms with Crippen LogP contribution in [-0.4, -0.2) is 51.5 Å². The van der Waals surface area contributed by atoms with Crippen LogP contribution in [0.4, 0.5) is 9.18 Å². The minimum atomic E-state index is -1.31. The summed E-state index contributed by atoms with van der Waals surface area (Å²) in [5, 5.41) is 2.15. The Morgan fingerprint density at radius 2 is 1.65 bits per heavy atom. The maximum atomic E-state index is 13.8. The second-order valence-electron chi connectivity index (χ2n) is 12.5. The van der Waals surface area contributed by atoms with Crippen LogP contribution in [0.3, 0.4) is 0 Å². The number of nitrogens with zero attached hydrogens (tertiary/aromatic N) is 1. The first-order chi connectivity index (χ1) is 20.8. The number of piperidine rings is 1. The van der Waals surface area contributed by atoms with Crippen LogP contribution in [0.25, 0.3) is 10.8 Å². The molecular formula is C36H42FNO4Si. The Kier molecular flexibility index (Phi) is 10.2. The molecule has 1 heterocycles. The fourth-order valence-electron chi connectivity index (χ4n) is 5.56. The molecule has 2 atom stereocenters. The predicted molar refractivity (Wildman–Crippen MR) is 173 cm³/mol. The molecule has 1 amide bonds. The lowest BCUT2D eigenvalue weighted by Gasteiger charge is -2.38. The summed E-state index contributed by atoms with van der Waals surface area (Å²) in [5.74, 6) is 0.582. The van der Waals surface area contributed by atoms with E-state index in [4.69, 9.17) is 14.2 Å². The molecule has 226 valence electrons. The monoisotopic (exact) mass is 599 g/mol. The van der Waals surface area contributed by atoms with Crippen molar-refractivity contribution < 1.29 is 23.4 Å². The number of halogens is 1. The Labute approximate surface area is 255 Å². The fraction of sp³-hybridized carbons (Fsp3) is 0.361. The Morgan fingerprint density at radius 3 is 2.42 bits per heavy atom. The van der Waals surface area contributed by atoms with Crippen LogP contribution in [0, 0.1) is 5.82 Å². The zero-order valence-corrected chi connectivity index (χ0v) is 26.4. The minimum absolute atomic E-state index is 0.0227. The number of benzene rings is 4. The zero-order chi connectivity index (χ0) is 30.2. The summed E-state index contributed by atoms with van der Waals surface area (Å²) in [6.45, 7) is 9.10. The van der Waals surface area contributed by atoms with E-state index in [1.165, 1.54) is 17.7 Å². The molecule has 0 bridgehead atoms. The second kappa shape index (κ2) is 14.2. The maximum Gasteiger partial charge on any atom is 0.409 e. The highest BCUT2D eigenvalue weighted by molar-refractivity contribution is 6.76. The second-order valence-corrected chi connectivity index (χ2v) is 18.1. The molecule has 43 heavy (non-hydrogen) atoms. The van der Waals surface area contributed by atoms with E-state index in [1.807, 2.05) is 42.5 Å². The highest BCUT2D eigenvalue weighted by Gasteiger charge is 2.34. The average Bonchev–Trinajstić information content (AvgIpc) is 3.00. The summed E-state index contributed by atoms with van der Waals surface area (Å²) in [6.07, 6.45) is 0.929. The van der Waals surface area contributed by atoms with Crippen LogP contribution in [0.15, 0.2) is 91.0 Å². The maximum absolute atomic E-state index is 13.8. The van der Waals surface area contributed by atoms with Gasteiger partial charge in [-0.3, -0.25) is 0 Å². The Hall–Kier alpha value is -3.68. The molecule has 5 nitrogen and oxygen atoms in total. The Balaban J connectivity index is 1.33. The van der Waals surface area contributed by atoms with Gasteiger partial charge < -0.3 is 19.1 Å². The van der Waals surface area contributed by atoms with Gasteiger partial charge in [-0.1, -0.05) is 98.5 Å². The number of hydrogen-bond acceptors (Lipinski definition) is 4. The van der Waals surface area contributed by atoms with Gasteiger partial charge in [-0.2, -0.15) is 0 Å². The molecule has 0 N–H and O–H groups in total. The van der Waals surface area contributed by atoms with Gasteiger partial charge in [0.15, 0.2) is 0 Å². The fourth-order valence-corrected chi connectivity index (χ4v) is 6.28. The van der Waals surface area contributed by atoms with Gasteiger partial charge in [0.05, 0.1) is 32.5 Å². The first kappa shape index (κ1) is 30.8. The van der Waals surface area contributed by atoms with Crippen molar-refractivity contribution in [2.75, 3.05) is 26.3 Å². The van der Waals surface area contributed by atoms with Crippen molar-refractivity contribution >= 4 is 24.9 Å². The quantitative estimate of drug-likeness (QED) is 0.162. The molecule has 5 rings (SSSR count). The van der Waals surface area contributed by atoms with Crippen LogP contribution in [0.5, 0.6) is 5.75 Å². The molecule has 1 aliphatic heterocycles. The van der Waals surface area contributed by atoms with Gasteiger partial charge in [0.25, 0.3) is 0 Å². The van der Waals surface area contributed by atoms with Gasteiger partial charge in [-0.05, 0) is 41.1 Å². The molecule has 1 aliphatic rings. The number of hydrogen-bond donors (Lipinski definition) is 0. The molecule has 7 heteroatoms. The molecule has 0 spiro atoms. The summed E-state index contributed by atoms with van der Waals surface area (Å²) in [7, 11) is -1.31. The highest BCUT2D eigenvalue weighted by Crippen LogP contribution is 2.35. The third-order valence-corrected chi connectivity index (χ3v) is 9.79. The van der Waals surface area contributed by atoms with Crippen molar-refractivity contribution in [2.45, 2.75) is 57.2 Å². The first-order valence-electron chi connectivity index (χ1n) is 15.2. The third-order valence-electron chi connectivity index (χ3n) is 8.09. The lowest BCUT2D eigenvalue weighted by molar-refractivity contribution is -0.0239. The first-order valence-corrected chi connectivity index (χ1v) is 18.9. The topological polar surface area (TPSA) is 48.0 Å². The molecule has 2 unspecified atom stereocenters. The number of carbonyl (C=O) groups is 1. The van der Waals surface area contributed by atoms with Crippen molar-refractivity contribution in [3.8, 4) is 5.75 Å². The van der Waals surface area contributed by atoms with E-state index in [2.05, 4.69) is 56.0 Å². The van der Waals surface area contributed by atoms with Crippen molar-refractivity contribution in [3.63, 3.8) is 0 Å². The van der Waals surface area contributed by atoms with Crippen LogP contribution in [0.1, 0.15) is 29.0 Å². The van der Waals surface area contributed by atoms with Crippen molar-refractivity contribution in [1.82, 2.24) is 4.90 Å². The summed E-state index contributed by atoms with van der Waals surface area (Å²) in [4.78, 5) is 14.8. The lowest BCUT2D eigenvalue weighted by atomic mass is 9.87. The van der Waals surface area contributed by atoms with Gasteiger partial charge in [0.1, 0.15) is 11.6 Å². The van der Waals surface area contributed by atoms with Crippen LogP contribution < -0.4 is 4.74 Å². The number of likely N-dealkylation sites (tertiary alicyclic amines) is 1. The number of carbonyl (C=O) groups excluding carboxylic acids is 1. The van der Waals surface area contributed by atoms with Crippen LogP contribution in [0.2, 0.25) is 25.7 Å². The normalized spacial score (nSPS) is 17.2. The Bertz CT molecular complexity index is 1490. The van der Waals surface area contributed by atoms with E-state index in [-0.39, 0.29) is 23.9 Å². The SMILES string of the molecule is C[Si](C)(C)CCOC(=O)N1CCC(c2ccc(F)cc2)C(OCc2ccc3ccccc3c2OCCc2ccccc2)C1. The molecule has 1 fully saturated rings. The van der Waals surface area contributed by atoms with Gasteiger partial charge in [-0.25, -0.2) is 9.18 Å². The number of amides is 1. The van der Waals surface area contributed by atoms with Gasteiger partial charge in [0.2, 0.25) is 0 Å². The van der Waals surface area contributed by atoms with Crippen molar-refractivity contribution in [1.29, 1.82) is 0 Å². The average molecular weight is 600 g/mol. The summed E-state index contributed by atoms with van der Waals surface area (Å²) >= 11 is 0. The lowest BCUT2D eigenvalue weighted by Crippen LogP contribution is -2.47. The van der Waals surface area contributed by atoms with Crippen LogP contribution >= 0.6 is 0 Å². The Morgan fingerprint density at radius 1 is 0.907 bits per heavy atom. The minimum Gasteiger partial charge on any atom is -0.492 e. The van der Waals surface area contributed by atoms with Crippen LogP contribution in [-0.2, 0) is 22.5 Å². The molecule has 0 saturated carbocycles. The molecule has 4 aromatic rings. The van der Waals surface area contributed by atoms with E-state index in [0.717, 1.165) is 40.1 Å². The summed E-state index contributed by atoms with van der Waals surface area (Å²) in [5.41, 5.74) is 3.19. The van der Waals surface area contributed by atoms with Crippen molar-refractivity contribution in [3.05, 3.63) is 114 Å². The van der Waals surface area contributed by atoms with Crippen molar-refractivity contribution in [2.24, 2.45) is 0 Å². The molecule has 0 aromatic heterocycles. The molecule has 0 aliphatic carbocycles. The predicted octanol–water partition coefficient (Wildman–Crippen LogP) is 8.45. The number of rotatable bonds is 11. The van der Waals surface area contributed by atoms with E-state index in [1.54, 1.807) is 4.90 Å². The molecule has 4 aromatic carbocycles. The smallest absolute Gasteiger partial charge is 0.409 e. The van der Waals surface area contributed by atoms with Gasteiger partial charge >= 0.3 is 6.09 Å². The van der Waals surface area contributed by atoms with Gasteiger partial charge in [-0.15, -0.1) is 0 Å². The molecule has 0 radical (unpaired) electrons. The van der Waals surface area contributed by atoms with E-state index < -0.39 is 8.07 Å². The van der Waals surface area contributed by atoms with E-state index in [0.29, 0.717) is 39.3 Å². The highest BCUT2D eigenvalue weighted by atomic mass is 28.3. The molecule has 1 saturated heterocycles. The van der Waals surface area contributed by atoms with Gasteiger partial charge in [0, 0.05) is 37.9 Å². The summed E-state index contributed by atoms with van der Waals surface area (Å²) in [6, 6.07) is 30.3. The summed E-state index contributed by atoms with van der Waals surface area (Å²) < 4.78 is 32.5. The largest absolute Gasteiger partial charge is 0.492 e.